The maximum Gasteiger partial charge on any atom is 0.164 e. The number of carbonyl (C=O) groups is 1. The van der Waals surface area contributed by atoms with Gasteiger partial charge in [0.15, 0.2) is 5.78 Å². The van der Waals surface area contributed by atoms with Crippen LogP contribution in [0.15, 0.2) is 24.3 Å². The van der Waals surface area contributed by atoms with Crippen molar-refractivity contribution in [2.45, 2.75) is 39.5 Å². The zero-order chi connectivity index (χ0) is 12.9. The molecule has 0 saturated carbocycles. The summed E-state index contributed by atoms with van der Waals surface area (Å²) in [6, 6.07) is 7.99. The molecule has 0 aliphatic heterocycles. The Morgan fingerprint density at radius 3 is 2.24 bits per heavy atom. The highest BCUT2D eigenvalue weighted by Gasteiger charge is 2.14. The molecule has 0 saturated heterocycles. The third kappa shape index (κ3) is 4.31. The van der Waals surface area contributed by atoms with Crippen molar-refractivity contribution in [3.8, 4) is 0 Å². The number of ketones is 1. The molecule has 17 heavy (non-hydrogen) atoms. The minimum atomic E-state index is 0.144. The van der Waals surface area contributed by atoms with E-state index < -0.39 is 0 Å². The maximum atomic E-state index is 11.8. The first kappa shape index (κ1) is 13.9. The Balaban J connectivity index is 2.64. The van der Waals surface area contributed by atoms with Gasteiger partial charge in [0.1, 0.15) is 0 Å². The molecule has 0 radical (unpaired) electrons. The minimum Gasteiger partial charge on any atom is -0.317 e. The van der Waals surface area contributed by atoms with Crippen LogP contribution in [0.5, 0.6) is 0 Å². The highest BCUT2D eigenvalue weighted by atomic mass is 16.1. The second-order valence-electron chi connectivity index (χ2n) is 5.35. The average molecular weight is 233 g/mol. The van der Waals surface area contributed by atoms with Gasteiger partial charge < -0.3 is 5.32 Å². The highest BCUT2D eigenvalue weighted by Crippen LogP contribution is 2.22. The van der Waals surface area contributed by atoms with Crippen LogP contribution in [-0.2, 0) is 5.41 Å². The molecule has 2 heteroatoms. The molecule has 2 nitrogen and oxygen atoms in total. The van der Waals surface area contributed by atoms with Gasteiger partial charge in [-0.15, -0.1) is 0 Å². The summed E-state index contributed by atoms with van der Waals surface area (Å²) in [7, 11) is 0. The number of hydrogen-bond acceptors (Lipinski definition) is 2. The van der Waals surface area contributed by atoms with Crippen LogP contribution in [-0.4, -0.2) is 18.9 Å². The van der Waals surface area contributed by atoms with Crippen molar-refractivity contribution >= 4 is 5.78 Å². The van der Waals surface area contributed by atoms with Gasteiger partial charge in [0.05, 0.1) is 0 Å². The van der Waals surface area contributed by atoms with Crippen LogP contribution in [0.2, 0.25) is 0 Å². The second-order valence-corrected chi connectivity index (χ2v) is 5.35. The standard InChI is InChI=1S/C15H23NO/c1-5-16-11-10-14(17)12-6-8-13(9-7-12)15(2,3)4/h6-9,16H,5,10-11H2,1-4H3. The Bertz CT molecular complexity index is 360. The van der Waals surface area contributed by atoms with Gasteiger partial charge in [-0.3, -0.25) is 4.79 Å². The van der Waals surface area contributed by atoms with Gasteiger partial charge in [-0.1, -0.05) is 52.0 Å². The highest BCUT2D eigenvalue weighted by molar-refractivity contribution is 5.96. The molecule has 1 N–H and O–H groups in total. The summed E-state index contributed by atoms with van der Waals surface area (Å²) in [5, 5.41) is 3.16. The van der Waals surface area contributed by atoms with Gasteiger partial charge >= 0.3 is 0 Å². The smallest absolute Gasteiger partial charge is 0.164 e. The predicted molar refractivity (Wildman–Crippen MR) is 72.6 cm³/mol. The number of benzene rings is 1. The first-order valence-electron chi connectivity index (χ1n) is 6.29. The fraction of sp³-hybridized carbons (Fsp3) is 0.533. The van der Waals surface area contributed by atoms with Gasteiger partial charge in [-0.25, -0.2) is 0 Å². The average Bonchev–Trinajstić information content (AvgIpc) is 2.28. The molecule has 1 aromatic carbocycles. The molecule has 1 rings (SSSR count). The summed E-state index contributed by atoms with van der Waals surface area (Å²) >= 11 is 0. The fourth-order valence-electron chi connectivity index (χ4n) is 1.68. The van der Waals surface area contributed by atoms with E-state index >= 15 is 0 Å². The molecule has 0 aliphatic rings. The van der Waals surface area contributed by atoms with E-state index in [2.05, 4.69) is 38.2 Å². The van der Waals surface area contributed by atoms with E-state index in [1.54, 1.807) is 0 Å². The first-order valence-corrected chi connectivity index (χ1v) is 6.29. The molecule has 0 fully saturated rings. The largest absolute Gasteiger partial charge is 0.317 e. The Labute approximate surface area is 104 Å². The fourth-order valence-corrected chi connectivity index (χ4v) is 1.68. The molecule has 0 bridgehead atoms. The van der Waals surface area contributed by atoms with Crippen LogP contribution in [0, 0.1) is 0 Å². The van der Waals surface area contributed by atoms with Crippen molar-refractivity contribution in [1.29, 1.82) is 0 Å². The quantitative estimate of drug-likeness (QED) is 0.625. The van der Waals surface area contributed by atoms with E-state index in [-0.39, 0.29) is 11.2 Å². The Kier molecular flexibility index (Phi) is 4.88. The van der Waals surface area contributed by atoms with Gasteiger partial charge in [-0.05, 0) is 17.5 Å². The molecular weight excluding hydrogens is 210 g/mol. The summed E-state index contributed by atoms with van der Waals surface area (Å²) in [5.74, 6) is 0.214. The number of Topliss-reactive ketones (excluding diaryl/α,β-unsaturated/α-hetero) is 1. The van der Waals surface area contributed by atoms with Crippen LogP contribution < -0.4 is 5.32 Å². The summed E-state index contributed by atoms with van der Waals surface area (Å²) < 4.78 is 0. The van der Waals surface area contributed by atoms with Crippen molar-refractivity contribution in [3.63, 3.8) is 0 Å². The van der Waals surface area contributed by atoms with E-state index in [0.717, 1.165) is 18.7 Å². The molecule has 0 aliphatic carbocycles. The van der Waals surface area contributed by atoms with Crippen LogP contribution in [0.3, 0.4) is 0 Å². The van der Waals surface area contributed by atoms with Crippen molar-refractivity contribution < 1.29 is 4.79 Å². The zero-order valence-electron chi connectivity index (χ0n) is 11.3. The Morgan fingerprint density at radius 2 is 1.76 bits per heavy atom. The van der Waals surface area contributed by atoms with Gasteiger partial charge in [-0.2, -0.15) is 0 Å². The van der Waals surface area contributed by atoms with Crippen molar-refractivity contribution in [2.75, 3.05) is 13.1 Å². The lowest BCUT2D eigenvalue weighted by Crippen LogP contribution is -2.17. The minimum absolute atomic E-state index is 0.144. The SMILES string of the molecule is CCNCCC(=O)c1ccc(C(C)(C)C)cc1. The predicted octanol–water partition coefficient (Wildman–Crippen LogP) is 3.17. The number of hydrogen-bond donors (Lipinski definition) is 1. The normalized spacial score (nSPS) is 11.5. The third-order valence-electron chi connectivity index (χ3n) is 2.85. The lowest BCUT2D eigenvalue weighted by Gasteiger charge is -2.18. The van der Waals surface area contributed by atoms with E-state index in [9.17, 15) is 4.79 Å². The van der Waals surface area contributed by atoms with Crippen LogP contribution in [0.1, 0.15) is 50.0 Å². The lowest BCUT2D eigenvalue weighted by atomic mass is 9.86. The Morgan fingerprint density at radius 1 is 1.18 bits per heavy atom. The monoisotopic (exact) mass is 233 g/mol. The van der Waals surface area contributed by atoms with Crippen LogP contribution in [0.25, 0.3) is 0 Å². The molecule has 0 atom stereocenters. The molecule has 1 aromatic rings. The van der Waals surface area contributed by atoms with Gasteiger partial charge in [0.25, 0.3) is 0 Å². The Hall–Kier alpha value is -1.15. The van der Waals surface area contributed by atoms with Crippen molar-refractivity contribution in [1.82, 2.24) is 5.32 Å². The first-order chi connectivity index (χ1) is 7.95. The number of nitrogens with one attached hydrogen (secondary N) is 1. The molecule has 0 aromatic heterocycles. The number of rotatable bonds is 5. The lowest BCUT2D eigenvalue weighted by molar-refractivity contribution is 0.0983. The van der Waals surface area contributed by atoms with Crippen molar-refractivity contribution in [2.24, 2.45) is 0 Å². The molecule has 0 unspecified atom stereocenters. The van der Waals surface area contributed by atoms with Gasteiger partial charge in [0, 0.05) is 18.5 Å². The summed E-state index contributed by atoms with van der Waals surface area (Å²) in [6.45, 7) is 10.2. The van der Waals surface area contributed by atoms with Crippen molar-refractivity contribution in [3.05, 3.63) is 35.4 Å². The van der Waals surface area contributed by atoms with Gasteiger partial charge in [0.2, 0.25) is 0 Å². The zero-order valence-corrected chi connectivity index (χ0v) is 11.3. The summed E-state index contributed by atoms with van der Waals surface area (Å²) in [5.41, 5.74) is 2.22. The number of carbonyl (C=O) groups excluding carboxylic acids is 1. The topological polar surface area (TPSA) is 29.1 Å². The summed E-state index contributed by atoms with van der Waals surface area (Å²) in [6.07, 6.45) is 0.572. The van der Waals surface area contributed by atoms with Crippen LogP contribution in [0.4, 0.5) is 0 Å². The van der Waals surface area contributed by atoms with E-state index in [0.29, 0.717) is 6.42 Å². The second kappa shape index (κ2) is 5.97. The maximum absolute atomic E-state index is 11.8. The molecule has 0 heterocycles. The molecule has 94 valence electrons. The molecule has 0 amide bonds. The van der Waals surface area contributed by atoms with E-state index in [4.69, 9.17) is 0 Å². The van der Waals surface area contributed by atoms with E-state index in [1.165, 1.54) is 5.56 Å². The summed E-state index contributed by atoms with van der Waals surface area (Å²) in [4.78, 5) is 11.8. The third-order valence-corrected chi connectivity index (χ3v) is 2.85. The van der Waals surface area contributed by atoms with Crippen LogP contribution >= 0.6 is 0 Å². The molecular formula is C15H23NO. The van der Waals surface area contributed by atoms with E-state index in [1.807, 2.05) is 19.1 Å². The molecule has 0 spiro atoms.